The average molecular weight is 410 g/mol. The number of hydrogen-bond donors (Lipinski definition) is 3. The number of carbonyl (C=O) groups excluding carboxylic acids is 1. The molecule has 1 amide bonds. The average Bonchev–Trinajstić information content (AvgIpc) is 2.77. The Bertz CT molecular complexity index is 981. The number of thiocarbonyl (C=S) groups is 1. The fourth-order valence-corrected chi connectivity index (χ4v) is 2.93. The van der Waals surface area contributed by atoms with E-state index in [-0.39, 0.29) is 5.91 Å². The zero-order valence-corrected chi connectivity index (χ0v) is 17.0. The Morgan fingerprint density at radius 2 is 1.93 bits per heavy atom. The molecule has 3 rings (SSSR count). The fraction of sp³-hybridized carbons (Fsp3) is 0.238. The van der Waals surface area contributed by atoms with Crippen LogP contribution in [0.15, 0.2) is 54.9 Å². The van der Waals surface area contributed by atoms with Gasteiger partial charge in [0.2, 0.25) is 0 Å². The highest BCUT2D eigenvalue weighted by Crippen LogP contribution is 2.24. The van der Waals surface area contributed by atoms with E-state index in [0.717, 1.165) is 22.9 Å². The Morgan fingerprint density at radius 3 is 2.72 bits per heavy atom. The van der Waals surface area contributed by atoms with Crippen molar-refractivity contribution in [2.24, 2.45) is 0 Å². The van der Waals surface area contributed by atoms with Crippen molar-refractivity contribution in [3.05, 3.63) is 60.4 Å². The maximum absolute atomic E-state index is 12.8. The van der Waals surface area contributed by atoms with Crippen molar-refractivity contribution in [1.29, 1.82) is 0 Å². The summed E-state index contributed by atoms with van der Waals surface area (Å²) in [5.74, 6) is -0.294. The summed E-state index contributed by atoms with van der Waals surface area (Å²) in [6.07, 6.45) is 4.22. The van der Waals surface area contributed by atoms with Crippen LogP contribution < -0.4 is 16.2 Å². The van der Waals surface area contributed by atoms with Crippen molar-refractivity contribution in [1.82, 2.24) is 26.1 Å². The second-order valence-corrected chi connectivity index (χ2v) is 6.60. The minimum atomic E-state index is -0.294. The van der Waals surface area contributed by atoms with Crippen molar-refractivity contribution in [2.75, 3.05) is 19.8 Å². The molecule has 0 fully saturated rings. The highest BCUT2D eigenvalue weighted by molar-refractivity contribution is 7.80. The number of amides is 1. The molecule has 2 heterocycles. The van der Waals surface area contributed by atoms with Gasteiger partial charge in [0.15, 0.2) is 5.11 Å². The second kappa shape index (κ2) is 10.4. The van der Waals surface area contributed by atoms with E-state index < -0.39 is 0 Å². The number of nitrogens with one attached hydrogen (secondary N) is 3. The predicted molar refractivity (Wildman–Crippen MR) is 117 cm³/mol. The summed E-state index contributed by atoms with van der Waals surface area (Å²) in [7, 11) is 0. The molecule has 0 bridgehead atoms. The highest BCUT2D eigenvalue weighted by atomic mass is 32.1. The van der Waals surface area contributed by atoms with Crippen LogP contribution in [0.1, 0.15) is 23.7 Å². The molecule has 29 heavy (non-hydrogen) atoms. The van der Waals surface area contributed by atoms with Gasteiger partial charge in [-0.15, -0.1) is 0 Å². The maximum Gasteiger partial charge on any atom is 0.270 e. The van der Waals surface area contributed by atoms with Gasteiger partial charge in [0, 0.05) is 43.1 Å². The SMILES string of the molecule is CCOCCCNC(=S)NNC(=O)c1cc(-c2ccncc2)nc2ccccc12. The molecule has 0 spiro atoms. The Morgan fingerprint density at radius 1 is 1.14 bits per heavy atom. The first-order valence-corrected chi connectivity index (χ1v) is 9.82. The predicted octanol–water partition coefficient (Wildman–Crippen LogP) is 2.83. The summed E-state index contributed by atoms with van der Waals surface area (Å²) >= 11 is 5.20. The molecule has 0 aliphatic carbocycles. The Balaban J connectivity index is 1.71. The van der Waals surface area contributed by atoms with E-state index in [4.69, 9.17) is 17.0 Å². The van der Waals surface area contributed by atoms with Crippen LogP contribution in [-0.2, 0) is 4.74 Å². The monoisotopic (exact) mass is 409 g/mol. The number of carbonyl (C=O) groups is 1. The Kier molecular flexibility index (Phi) is 7.43. The number of pyridine rings is 2. The lowest BCUT2D eigenvalue weighted by Gasteiger charge is -2.13. The third kappa shape index (κ3) is 5.69. The van der Waals surface area contributed by atoms with Crippen molar-refractivity contribution in [3.8, 4) is 11.3 Å². The van der Waals surface area contributed by atoms with Crippen LogP contribution in [0.5, 0.6) is 0 Å². The maximum atomic E-state index is 12.8. The van der Waals surface area contributed by atoms with Crippen LogP contribution in [-0.4, -0.2) is 40.7 Å². The quantitative estimate of drug-likeness (QED) is 0.314. The summed E-state index contributed by atoms with van der Waals surface area (Å²) in [4.78, 5) is 21.5. The molecule has 1 aromatic carbocycles. The molecule has 7 nitrogen and oxygen atoms in total. The molecule has 0 unspecified atom stereocenters. The molecule has 0 aliphatic heterocycles. The molecule has 0 saturated heterocycles. The Labute approximate surface area is 174 Å². The number of aromatic nitrogens is 2. The van der Waals surface area contributed by atoms with Gasteiger partial charge in [0.05, 0.1) is 16.8 Å². The van der Waals surface area contributed by atoms with Crippen LogP contribution >= 0.6 is 12.2 Å². The third-order valence-corrected chi connectivity index (χ3v) is 4.43. The topological polar surface area (TPSA) is 88.2 Å². The fourth-order valence-electron chi connectivity index (χ4n) is 2.78. The second-order valence-electron chi connectivity index (χ2n) is 6.19. The van der Waals surface area contributed by atoms with E-state index in [1.54, 1.807) is 18.5 Å². The Hall–Kier alpha value is -3.10. The molecule has 0 radical (unpaired) electrons. The molecular formula is C21H23N5O2S. The standard InChI is InChI=1S/C21H23N5O2S/c1-2-28-13-5-10-23-21(29)26-25-20(27)17-14-19(15-8-11-22-12-9-15)24-18-7-4-3-6-16(17)18/h3-4,6-9,11-12,14H,2,5,10,13H2,1H3,(H,25,27)(H2,23,26,29). The molecule has 0 saturated carbocycles. The van der Waals surface area contributed by atoms with Gasteiger partial charge in [0.1, 0.15) is 0 Å². The summed E-state index contributed by atoms with van der Waals surface area (Å²) in [6.45, 7) is 3.98. The molecule has 3 N–H and O–H groups in total. The van der Waals surface area contributed by atoms with Crippen LogP contribution in [0.2, 0.25) is 0 Å². The molecule has 150 valence electrons. The summed E-state index contributed by atoms with van der Waals surface area (Å²) in [6, 6.07) is 13.0. The summed E-state index contributed by atoms with van der Waals surface area (Å²) in [5, 5.41) is 4.14. The first-order chi connectivity index (χ1) is 14.2. The van der Waals surface area contributed by atoms with E-state index in [1.165, 1.54) is 0 Å². The minimum absolute atomic E-state index is 0.294. The molecule has 2 aromatic heterocycles. The van der Waals surface area contributed by atoms with Gasteiger partial charge in [-0.25, -0.2) is 4.98 Å². The van der Waals surface area contributed by atoms with E-state index in [0.29, 0.717) is 36.1 Å². The number of hydrazine groups is 1. The van der Waals surface area contributed by atoms with Gasteiger partial charge in [-0.1, -0.05) is 18.2 Å². The smallest absolute Gasteiger partial charge is 0.270 e. The highest BCUT2D eigenvalue weighted by Gasteiger charge is 2.14. The summed E-state index contributed by atoms with van der Waals surface area (Å²) < 4.78 is 5.28. The van der Waals surface area contributed by atoms with Crippen molar-refractivity contribution < 1.29 is 9.53 Å². The van der Waals surface area contributed by atoms with Gasteiger partial charge in [0.25, 0.3) is 5.91 Å². The van der Waals surface area contributed by atoms with Crippen LogP contribution in [0.4, 0.5) is 0 Å². The van der Waals surface area contributed by atoms with E-state index in [9.17, 15) is 4.79 Å². The van der Waals surface area contributed by atoms with Crippen LogP contribution in [0.3, 0.4) is 0 Å². The number of para-hydroxylation sites is 1. The first kappa shape index (κ1) is 20.6. The van der Waals surface area contributed by atoms with Gasteiger partial charge in [-0.2, -0.15) is 0 Å². The number of benzene rings is 1. The van der Waals surface area contributed by atoms with Gasteiger partial charge >= 0.3 is 0 Å². The number of nitrogens with zero attached hydrogens (tertiary/aromatic N) is 2. The summed E-state index contributed by atoms with van der Waals surface area (Å²) in [5.41, 5.74) is 8.24. The van der Waals surface area contributed by atoms with Gasteiger partial charge in [-0.05, 0) is 49.8 Å². The van der Waals surface area contributed by atoms with Gasteiger partial charge < -0.3 is 10.1 Å². The largest absolute Gasteiger partial charge is 0.382 e. The number of rotatable bonds is 7. The molecule has 0 aliphatic rings. The van der Waals surface area contributed by atoms with Crippen LogP contribution in [0, 0.1) is 0 Å². The molecular weight excluding hydrogens is 386 g/mol. The van der Waals surface area contributed by atoms with Crippen molar-refractivity contribution in [2.45, 2.75) is 13.3 Å². The van der Waals surface area contributed by atoms with Crippen molar-refractivity contribution >= 4 is 34.1 Å². The number of hydrogen-bond acceptors (Lipinski definition) is 5. The molecule has 8 heteroatoms. The first-order valence-electron chi connectivity index (χ1n) is 9.41. The zero-order chi connectivity index (χ0) is 20.5. The van der Waals surface area contributed by atoms with E-state index in [1.807, 2.05) is 43.3 Å². The van der Waals surface area contributed by atoms with Crippen molar-refractivity contribution in [3.63, 3.8) is 0 Å². The minimum Gasteiger partial charge on any atom is -0.382 e. The van der Waals surface area contributed by atoms with Crippen LogP contribution in [0.25, 0.3) is 22.2 Å². The molecule has 3 aromatic rings. The third-order valence-electron chi connectivity index (χ3n) is 4.18. The lowest BCUT2D eigenvalue weighted by Crippen LogP contribution is -2.47. The van der Waals surface area contributed by atoms with E-state index >= 15 is 0 Å². The molecule has 0 atom stereocenters. The lowest BCUT2D eigenvalue weighted by molar-refractivity contribution is 0.0945. The van der Waals surface area contributed by atoms with Gasteiger partial charge in [-0.3, -0.25) is 20.6 Å². The van der Waals surface area contributed by atoms with E-state index in [2.05, 4.69) is 26.1 Å². The zero-order valence-electron chi connectivity index (χ0n) is 16.1. The number of fused-ring (bicyclic) bond motifs is 1. The lowest BCUT2D eigenvalue weighted by atomic mass is 10.0. The number of ether oxygens (including phenoxy) is 1. The normalized spacial score (nSPS) is 10.5.